The molecule has 3 aromatic rings. The monoisotopic (exact) mass is 435 g/mol. The Bertz CT molecular complexity index is 1070. The zero-order valence-corrected chi connectivity index (χ0v) is 18.8. The molecule has 0 atom stereocenters. The van der Waals surface area contributed by atoms with Crippen LogP contribution in [0, 0.1) is 0 Å². The highest BCUT2D eigenvalue weighted by Gasteiger charge is 2.19. The Kier molecular flexibility index (Phi) is 6.25. The highest BCUT2D eigenvalue weighted by Crippen LogP contribution is 2.37. The number of anilines is 1. The number of amides is 1. The number of carbonyl (C=O) groups is 1. The molecule has 2 aromatic carbocycles. The number of aromatic nitrogens is 1. The molecule has 0 bridgehead atoms. The molecule has 1 aliphatic rings. The molecule has 1 aromatic heterocycles. The minimum Gasteiger partial charge on any atom is -0.308 e. The number of benzene rings is 2. The van der Waals surface area contributed by atoms with Gasteiger partial charge in [-0.1, -0.05) is 44.2 Å². The number of hydrogen-bond donors (Lipinski definition) is 2. The fourth-order valence-electron chi connectivity index (χ4n) is 3.76. The average molecular weight is 436 g/mol. The molecule has 1 heterocycles. The molecule has 0 radical (unpaired) electrons. The Hall–Kier alpha value is -2.57. The SMILES string of the molecule is CC(C)c1sc(NC(=S)NC(=O)c2ccccc2)nc1-c1ccc2c(c1)CCCC2. The molecule has 0 unspecified atom stereocenters. The maximum atomic E-state index is 12.3. The van der Waals surface area contributed by atoms with Crippen LogP contribution in [0.3, 0.4) is 0 Å². The average Bonchev–Trinajstić information content (AvgIpc) is 3.18. The van der Waals surface area contributed by atoms with Crippen molar-refractivity contribution in [2.24, 2.45) is 0 Å². The first kappa shape index (κ1) is 20.7. The molecule has 0 spiro atoms. The van der Waals surface area contributed by atoms with Crippen LogP contribution in [0.1, 0.15) is 59.0 Å². The van der Waals surface area contributed by atoms with Gasteiger partial charge in [0.2, 0.25) is 0 Å². The number of aryl methyl sites for hydroxylation is 2. The molecule has 154 valence electrons. The van der Waals surface area contributed by atoms with Gasteiger partial charge in [0.15, 0.2) is 10.2 Å². The molecule has 6 heteroatoms. The molecule has 1 amide bonds. The summed E-state index contributed by atoms with van der Waals surface area (Å²) in [5.74, 6) is 0.111. The molecule has 2 N–H and O–H groups in total. The van der Waals surface area contributed by atoms with Crippen molar-refractivity contribution in [3.05, 3.63) is 70.1 Å². The molecular weight excluding hydrogens is 410 g/mol. The summed E-state index contributed by atoms with van der Waals surface area (Å²) in [6.45, 7) is 4.35. The van der Waals surface area contributed by atoms with E-state index >= 15 is 0 Å². The second kappa shape index (κ2) is 9.06. The summed E-state index contributed by atoms with van der Waals surface area (Å²) in [7, 11) is 0. The van der Waals surface area contributed by atoms with Crippen LogP contribution in [0.4, 0.5) is 5.13 Å². The summed E-state index contributed by atoms with van der Waals surface area (Å²) in [6.07, 6.45) is 4.85. The van der Waals surface area contributed by atoms with Crippen LogP contribution >= 0.6 is 23.6 Å². The van der Waals surface area contributed by atoms with Crippen LogP contribution in [0.2, 0.25) is 0 Å². The molecule has 0 aliphatic heterocycles. The highest BCUT2D eigenvalue weighted by atomic mass is 32.1. The molecule has 0 fully saturated rings. The van der Waals surface area contributed by atoms with Crippen molar-refractivity contribution in [3.63, 3.8) is 0 Å². The number of carbonyl (C=O) groups excluding carboxylic acids is 1. The van der Waals surface area contributed by atoms with Gasteiger partial charge in [-0.05, 0) is 73.1 Å². The topological polar surface area (TPSA) is 54.0 Å². The minimum atomic E-state index is -0.233. The van der Waals surface area contributed by atoms with Gasteiger partial charge in [-0.3, -0.25) is 10.1 Å². The zero-order chi connectivity index (χ0) is 21.1. The van der Waals surface area contributed by atoms with E-state index in [0.717, 1.165) is 17.7 Å². The van der Waals surface area contributed by atoms with Crippen molar-refractivity contribution in [2.45, 2.75) is 45.4 Å². The number of fused-ring (bicyclic) bond motifs is 1. The van der Waals surface area contributed by atoms with Gasteiger partial charge in [0.25, 0.3) is 5.91 Å². The van der Waals surface area contributed by atoms with Crippen LogP contribution < -0.4 is 10.6 Å². The Morgan fingerprint density at radius 3 is 2.53 bits per heavy atom. The second-order valence-electron chi connectivity index (χ2n) is 7.85. The highest BCUT2D eigenvalue weighted by molar-refractivity contribution is 7.80. The lowest BCUT2D eigenvalue weighted by atomic mass is 9.89. The predicted molar refractivity (Wildman–Crippen MR) is 128 cm³/mol. The van der Waals surface area contributed by atoms with Crippen LogP contribution in [0.25, 0.3) is 11.3 Å². The molecule has 4 nitrogen and oxygen atoms in total. The number of rotatable bonds is 4. The summed E-state index contributed by atoms with van der Waals surface area (Å²) in [5.41, 5.74) is 5.64. The first-order valence-electron chi connectivity index (χ1n) is 10.3. The fourth-order valence-corrected chi connectivity index (χ4v) is 5.01. The van der Waals surface area contributed by atoms with Gasteiger partial charge in [0.1, 0.15) is 0 Å². The molecule has 0 saturated carbocycles. The van der Waals surface area contributed by atoms with Gasteiger partial charge in [-0.25, -0.2) is 4.98 Å². The Morgan fingerprint density at radius 1 is 1.07 bits per heavy atom. The molecular formula is C24H25N3OS2. The molecule has 4 rings (SSSR count). The van der Waals surface area contributed by atoms with Crippen LogP contribution in [0.15, 0.2) is 48.5 Å². The van der Waals surface area contributed by atoms with E-state index in [2.05, 4.69) is 42.7 Å². The van der Waals surface area contributed by atoms with Crippen LogP contribution in [-0.4, -0.2) is 16.0 Å². The lowest BCUT2D eigenvalue weighted by Crippen LogP contribution is -2.34. The van der Waals surface area contributed by atoms with Crippen molar-refractivity contribution in [3.8, 4) is 11.3 Å². The molecule has 1 aliphatic carbocycles. The van der Waals surface area contributed by atoms with E-state index in [1.165, 1.54) is 35.3 Å². The summed E-state index contributed by atoms with van der Waals surface area (Å²) in [5, 5.41) is 6.78. The van der Waals surface area contributed by atoms with E-state index in [1.807, 2.05) is 18.2 Å². The number of thiazole rings is 1. The van der Waals surface area contributed by atoms with Crippen molar-refractivity contribution in [1.29, 1.82) is 0 Å². The van der Waals surface area contributed by atoms with E-state index in [-0.39, 0.29) is 11.0 Å². The zero-order valence-electron chi connectivity index (χ0n) is 17.2. The quantitative estimate of drug-likeness (QED) is 0.498. The van der Waals surface area contributed by atoms with Crippen molar-refractivity contribution in [2.75, 3.05) is 5.32 Å². The fraction of sp³-hybridized carbons (Fsp3) is 0.292. The van der Waals surface area contributed by atoms with Crippen molar-refractivity contribution < 1.29 is 4.79 Å². The van der Waals surface area contributed by atoms with Gasteiger partial charge in [0, 0.05) is 16.0 Å². The minimum absolute atomic E-state index is 0.233. The summed E-state index contributed by atoms with van der Waals surface area (Å²) in [6, 6.07) is 15.8. The third kappa shape index (κ3) is 4.60. The van der Waals surface area contributed by atoms with E-state index in [9.17, 15) is 4.79 Å². The number of hydrogen-bond acceptors (Lipinski definition) is 4. The van der Waals surface area contributed by atoms with Gasteiger partial charge in [-0.2, -0.15) is 0 Å². The molecule has 30 heavy (non-hydrogen) atoms. The third-order valence-electron chi connectivity index (χ3n) is 5.28. The maximum absolute atomic E-state index is 12.3. The first-order chi connectivity index (χ1) is 14.5. The maximum Gasteiger partial charge on any atom is 0.257 e. The van der Waals surface area contributed by atoms with Crippen LogP contribution in [-0.2, 0) is 12.8 Å². The van der Waals surface area contributed by atoms with Gasteiger partial charge in [0.05, 0.1) is 5.69 Å². The molecule has 0 saturated heterocycles. The Labute approximate surface area is 186 Å². The van der Waals surface area contributed by atoms with Gasteiger partial charge >= 0.3 is 0 Å². The largest absolute Gasteiger partial charge is 0.308 e. The number of nitrogens with one attached hydrogen (secondary N) is 2. The predicted octanol–water partition coefficient (Wildman–Crippen LogP) is 5.94. The first-order valence-corrected chi connectivity index (χ1v) is 11.5. The third-order valence-corrected chi connectivity index (χ3v) is 6.76. The number of nitrogens with zero attached hydrogens (tertiary/aromatic N) is 1. The lowest BCUT2D eigenvalue weighted by molar-refractivity contribution is 0.0977. The van der Waals surface area contributed by atoms with Crippen molar-refractivity contribution >= 4 is 39.7 Å². The Morgan fingerprint density at radius 2 is 1.80 bits per heavy atom. The van der Waals surface area contributed by atoms with Gasteiger partial charge < -0.3 is 5.32 Å². The lowest BCUT2D eigenvalue weighted by Gasteiger charge is -2.16. The van der Waals surface area contributed by atoms with Crippen LogP contribution in [0.5, 0.6) is 0 Å². The normalized spacial score (nSPS) is 13.0. The second-order valence-corrected chi connectivity index (χ2v) is 9.29. The smallest absolute Gasteiger partial charge is 0.257 e. The number of thiocarbonyl (C=S) groups is 1. The summed E-state index contributed by atoms with van der Waals surface area (Å²) < 4.78 is 0. The summed E-state index contributed by atoms with van der Waals surface area (Å²) in [4.78, 5) is 18.4. The van der Waals surface area contributed by atoms with Crippen molar-refractivity contribution in [1.82, 2.24) is 10.3 Å². The van der Waals surface area contributed by atoms with E-state index in [0.29, 0.717) is 16.6 Å². The standard InChI is InChI=1S/C24H25N3OS2/c1-15(2)21-20(19-13-12-16-8-6-7-11-18(16)14-19)25-24(30-21)27-23(29)26-22(28)17-9-4-3-5-10-17/h3-5,9-10,12-15H,6-8,11H2,1-2H3,(H2,25,26,27,28,29). The van der Waals surface area contributed by atoms with Gasteiger partial charge in [-0.15, -0.1) is 11.3 Å². The van der Waals surface area contributed by atoms with E-state index in [4.69, 9.17) is 17.2 Å². The summed E-state index contributed by atoms with van der Waals surface area (Å²) >= 11 is 6.94. The van der Waals surface area contributed by atoms with E-state index < -0.39 is 0 Å². The van der Waals surface area contributed by atoms with E-state index in [1.54, 1.807) is 23.5 Å². The Balaban J connectivity index is 1.54.